The molecule has 1 heterocycles. The average Bonchev–Trinajstić information content (AvgIpc) is 3.29. The van der Waals surface area contributed by atoms with Crippen molar-refractivity contribution in [2.75, 3.05) is 6.61 Å². The summed E-state index contributed by atoms with van der Waals surface area (Å²) in [6.07, 6.45) is 8.07. The number of ketones is 2. The number of fused-ring (bicyclic) bond motifs is 7. The molecule has 0 spiro atoms. The lowest BCUT2D eigenvalue weighted by molar-refractivity contribution is -0.208. The molecule has 5 aliphatic rings. The third kappa shape index (κ3) is 3.85. The summed E-state index contributed by atoms with van der Waals surface area (Å²) in [5.41, 5.74) is -1.32. The van der Waals surface area contributed by atoms with Gasteiger partial charge < -0.3 is 18.9 Å². The number of ether oxygens (including phenoxy) is 4. The van der Waals surface area contributed by atoms with E-state index in [9.17, 15) is 19.2 Å². The Bertz CT molecular complexity index is 1080. The minimum Gasteiger partial charge on any atom is -0.462 e. The highest BCUT2D eigenvalue weighted by atomic mass is 16.7. The molecule has 1 saturated heterocycles. The topological polar surface area (TPSA) is 105 Å². The van der Waals surface area contributed by atoms with Crippen molar-refractivity contribution in [2.45, 2.75) is 97.2 Å². The Hall–Kier alpha value is -2.32. The van der Waals surface area contributed by atoms with E-state index in [-0.39, 0.29) is 41.9 Å². The largest absolute Gasteiger partial charge is 0.462 e. The molecule has 0 aromatic rings. The number of carbonyl (C=O) groups is 4. The Balaban J connectivity index is 1.59. The SMILES string of the molecule is CCC[C@@H]1O[C@@H]2C[C@@H]3[C@@H]4CCC5=CC(=O)C=C[C@]5(C)[C@@H]4[C@@H](OC(C)=O)C[C@@]3(C)[C@]2(C(=O)COC(C)=O)O1. The van der Waals surface area contributed by atoms with E-state index in [1.165, 1.54) is 13.8 Å². The molecule has 8 nitrogen and oxygen atoms in total. The summed E-state index contributed by atoms with van der Waals surface area (Å²) >= 11 is 0. The molecule has 5 rings (SSSR count). The number of hydrogen-bond acceptors (Lipinski definition) is 8. The fourth-order valence-electron chi connectivity index (χ4n) is 8.57. The Morgan fingerprint density at radius 1 is 1.16 bits per heavy atom. The maximum absolute atomic E-state index is 13.9. The van der Waals surface area contributed by atoms with Crippen LogP contribution in [0.3, 0.4) is 0 Å². The molecule has 1 aliphatic heterocycles. The van der Waals surface area contributed by atoms with E-state index in [4.69, 9.17) is 18.9 Å². The number of allylic oxidation sites excluding steroid dienone is 4. The van der Waals surface area contributed by atoms with Gasteiger partial charge in [-0.1, -0.05) is 38.8 Å². The van der Waals surface area contributed by atoms with Gasteiger partial charge in [-0.3, -0.25) is 19.2 Å². The van der Waals surface area contributed by atoms with Crippen LogP contribution < -0.4 is 0 Å². The van der Waals surface area contributed by atoms with Gasteiger partial charge >= 0.3 is 11.9 Å². The number of hydrogen-bond donors (Lipinski definition) is 0. The van der Waals surface area contributed by atoms with Crippen molar-refractivity contribution in [2.24, 2.45) is 28.6 Å². The molecule has 0 amide bonds. The van der Waals surface area contributed by atoms with Crippen LogP contribution in [0.2, 0.25) is 0 Å². The van der Waals surface area contributed by atoms with Gasteiger partial charge in [0.1, 0.15) is 6.10 Å². The molecule has 0 aromatic carbocycles. The molecule has 37 heavy (non-hydrogen) atoms. The Morgan fingerprint density at radius 3 is 2.59 bits per heavy atom. The van der Waals surface area contributed by atoms with E-state index in [1.54, 1.807) is 12.2 Å². The minimum atomic E-state index is -1.29. The van der Waals surface area contributed by atoms with E-state index in [2.05, 4.69) is 13.8 Å². The van der Waals surface area contributed by atoms with Gasteiger partial charge in [0.25, 0.3) is 0 Å². The van der Waals surface area contributed by atoms with Crippen molar-refractivity contribution in [1.29, 1.82) is 0 Å². The first-order chi connectivity index (χ1) is 17.5. The summed E-state index contributed by atoms with van der Waals surface area (Å²) in [5.74, 6) is -1.03. The first-order valence-electron chi connectivity index (χ1n) is 13.6. The highest BCUT2D eigenvalue weighted by Crippen LogP contribution is 2.70. The second kappa shape index (κ2) is 9.16. The zero-order valence-electron chi connectivity index (χ0n) is 22.4. The lowest BCUT2D eigenvalue weighted by Crippen LogP contribution is -2.64. The molecule has 4 fully saturated rings. The van der Waals surface area contributed by atoms with E-state index >= 15 is 0 Å². The number of Topliss-reactive ketones (excluding diaryl/α,β-unsaturated/α-hetero) is 1. The molecule has 0 unspecified atom stereocenters. The van der Waals surface area contributed by atoms with Gasteiger partial charge in [-0.15, -0.1) is 0 Å². The summed E-state index contributed by atoms with van der Waals surface area (Å²) in [5, 5.41) is 0. The normalized spacial score (nSPS) is 43.7. The van der Waals surface area contributed by atoms with Gasteiger partial charge in [-0.2, -0.15) is 0 Å². The van der Waals surface area contributed by atoms with Crippen LogP contribution in [0, 0.1) is 28.6 Å². The molecule has 0 aromatic heterocycles. The maximum atomic E-state index is 13.9. The molecule has 202 valence electrons. The van der Waals surface area contributed by atoms with Crippen LogP contribution in [0.15, 0.2) is 23.8 Å². The molecule has 9 atom stereocenters. The van der Waals surface area contributed by atoms with Crippen LogP contribution in [0.25, 0.3) is 0 Å². The van der Waals surface area contributed by atoms with E-state index in [0.717, 1.165) is 24.8 Å². The van der Waals surface area contributed by atoms with Crippen molar-refractivity contribution in [3.05, 3.63) is 23.8 Å². The Morgan fingerprint density at radius 2 is 1.92 bits per heavy atom. The standard InChI is InChI=1S/C29H38O8/c1-6-7-25-36-24-13-21-20-9-8-18-12-19(32)10-11-27(18,4)26(20)22(35-17(3)31)14-28(21,5)29(24,37-25)23(33)15-34-16(2)30/h10-12,20-22,24-26H,6-9,13-15H2,1-5H3/t20-,21+,22-,24+,25+,26-,27-,28+,29+/m0/s1. The first kappa shape index (κ1) is 26.3. The van der Waals surface area contributed by atoms with E-state index in [0.29, 0.717) is 19.3 Å². The number of esters is 2. The summed E-state index contributed by atoms with van der Waals surface area (Å²) in [6.45, 7) is 8.57. The van der Waals surface area contributed by atoms with Gasteiger partial charge in [-0.05, 0) is 56.1 Å². The van der Waals surface area contributed by atoms with Crippen LogP contribution in [0.5, 0.6) is 0 Å². The summed E-state index contributed by atoms with van der Waals surface area (Å²) < 4.78 is 24.2. The van der Waals surface area contributed by atoms with E-state index < -0.39 is 40.9 Å². The monoisotopic (exact) mass is 514 g/mol. The quantitative estimate of drug-likeness (QED) is 0.492. The number of carbonyl (C=O) groups excluding carboxylic acids is 4. The summed E-state index contributed by atoms with van der Waals surface area (Å²) in [4.78, 5) is 50.1. The van der Waals surface area contributed by atoms with Gasteiger partial charge in [0.05, 0.1) is 6.10 Å². The highest BCUT2D eigenvalue weighted by Gasteiger charge is 2.76. The van der Waals surface area contributed by atoms with Gasteiger partial charge in [-0.25, -0.2) is 0 Å². The molecule has 3 saturated carbocycles. The second-order valence-electron chi connectivity index (χ2n) is 11.9. The maximum Gasteiger partial charge on any atom is 0.303 e. The molecular formula is C29H38O8. The van der Waals surface area contributed by atoms with Crippen LogP contribution in [-0.4, -0.2) is 54.2 Å². The zero-order valence-corrected chi connectivity index (χ0v) is 22.4. The van der Waals surface area contributed by atoms with Crippen molar-refractivity contribution in [3.8, 4) is 0 Å². The Labute approximate surface area is 218 Å². The molecule has 0 radical (unpaired) electrons. The molecule has 0 bridgehead atoms. The Kier molecular flexibility index (Phi) is 6.51. The van der Waals surface area contributed by atoms with Crippen LogP contribution in [0.4, 0.5) is 0 Å². The zero-order chi connectivity index (χ0) is 26.8. The van der Waals surface area contributed by atoms with E-state index in [1.807, 2.05) is 13.0 Å². The van der Waals surface area contributed by atoms with Crippen LogP contribution in [0.1, 0.15) is 73.1 Å². The van der Waals surface area contributed by atoms with Crippen molar-refractivity contribution < 1.29 is 38.1 Å². The molecule has 8 heteroatoms. The predicted molar refractivity (Wildman–Crippen MR) is 132 cm³/mol. The minimum absolute atomic E-state index is 0.00945. The molecule has 4 aliphatic carbocycles. The van der Waals surface area contributed by atoms with Gasteiger partial charge in [0.15, 0.2) is 24.3 Å². The lowest BCUT2D eigenvalue weighted by Gasteiger charge is -2.60. The van der Waals surface area contributed by atoms with Gasteiger partial charge in [0.2, 0.25) is 5.78 Å². The van der Waals surface area contributed by atoms with Crippen LogP contribution in [-0.2, 0) is 38.1 Å². The highest BCUT2D eigenvalue weighted by molar-refractivity contribution is 6.01. The van der Waals surface area contributed by atoms with Crippen LogP contribution >= 0.6 is 0 Å². The molecular weight excluding hydrogens is 476 g/mol. The fourth-order valence-corrected chi connectivity index (χ4v) is 8.57. The fraction of sp³-hybridized carbons (Fsp3) is 0.724. The molecule has 0 N–H and O–H groups in total. The first-order valence-corrected chi connectivity index (χ1v) is 13.6. The second-order valence-corrected chi connectivity index (χ2v) is 11.9. The summed E-state index contributed by atoms with van der Waals surface area (Å²) in [6, 6.07) is 0. The third-order valence-electron chi connectivity index (χ3n) is 9.93. The predicted octanol–water partition coefficient (Wildman–Crippen LogP) is 3.86. The third-order valence-corrected chi connectivity index (χ3v) is 9.93. The van der Waals surface area contributed by atoms with Gasteiger partial charge in [0, 0.05) is 30.6 Å². The number of rotatable bonds is 6. The van der Waals surface area contributed by atoms with Crippen molar-refractivity contribution >= 4 is 23.5 Å². The summed E-state index contributed by atoms with van der Waals surface area (Å²) in [7, 11) is 0. The average molecular weight is 515 g/mol. The van der Waals surface area contributed by atoms with Crippen molar-refractivity contribution in [3.63, 3.8) is 0 Å². The smallest absolute Gasteiger partial charge is 0.303 e. The van der Waals surface area contributed by atoms with Crippen molar-refractivity contribution in [1.82, 2.24) is 0 Å². The lowest BCUT2D eigenvalue weighted by atomic mass is 9.46.